The molecule has 3 rings (SSSR count). The fraction of sp³-hybridized carbons (Fsp3) is 0.250. The lowest BCUT2D eigenvalue weighted by Crippen LogP contribution is -2.28. The first-order chi connectivity index (χ1) is 12.7. The van der Waals surface area contributed by atoms with Crippen molar-refractivity contribution >= 4 is 22.6 Å². The Labute approximate surface area is 152 Å². The zero-order valence-corrected chi connectivity index (χ0v) is 14.9. The number of nitrogens with one attached hydrogen (secondary N) is 2. The highest BCUT2D eigenvalue weighted by Crippen LogP contribution is 2.19. The number of methoxy groups -OCH3 is 1. The SMILES string of the molecule is COc1ccc(C(C)NC(=O)CCNc2ncnc3ccccc23)cc1. The highest BCUT2D eigenvalue weighted by molar-refractivity contribution is 5.88. The van der Waals surface area contributed by atoms with Gasteiger partial charge in [-0.05, 0) is 36.8 Å². The average molecular weight is 350 g/mol. The van der Waals surface area contributed by atoms with E-state index >= 15 is 0 Å². The molecule has 2 N–H and O–H groups in total. The summed E-state index contributed by atoms with van der Waals surface area (Å²) in [6.45, 7) is 2.47. The molecule has 1 aromatic heterocycles. The molecule has 0 aliphatic heterocycles. The van der Waals surface area contributed by atoms with E-state index < -0.39 is 0 Å². The van der Waals surface area contributed by atoms with E-state index in [1.807, 2.05) is 55.5 Å². The number of rotatable bonds is 7. The fourth-order valence-electron chi connectivity index (χ4n) is 2.73. The molecular weight excluding hydrogens is 328 g/mol. The number of fused-ring (bicyclic) bond motifs is 1. The first-order valence-electron chi connectivity index (χ1n) is 8.54. The Hall–Kier alpha value is -3.15. The lowest BCUT2D eigenvalue weighted by Gasteiger charge is -2.15. The number of nitrogens with zero attached hydrogens (tertiary/aromatic N) is 2. The Morgan fingerprint density at radius 3 is 2.65 bits per heavy atom. The number of para-hydroxylation sites is 1. The summed E-state index contributed by atoms with van der Waals surface area (Å²) in [6.07, 6.45) is 1.88. The summed E-state index contributed by atoms with van der Waals surface area (Å²) in [6, 6.07) is 15.4. The van der Waals surface area contributed by atoms with Crippen LogP contribution < -0.4 is 15.4 Å². The third-order valence-electron chi connectivity index (χ3n) is 4.18. The Morgan fingerprint density at radius 2 is 1.88 bits per heavy atom. The second kappa shape index (κ2) is 8.29. The normalized spacial score (nSPS) is 11.8. The van der Waals surface area contributed by atoms with E-state index in [0.29, 0.717) is 13.0 Å². The number of benzene rings is 2. The topological polar surface area (TPSA) is 76.1 Å². The predicted octanol–water partition coefficient (Wildman–Crippen LogP) is 3.32. The van der Waals surface area contributed by atoms with Gasteiger partial charge < -0.3 is 15.4 Å². The second-order valence-electron chi connectivity index (χ2n) is 5.98. The summed E-state index contributed by atoms with van der Waals surface area (Å²) >= 11 is 0. The molecule has 6 heteroatoms. The fourth-order valence-corrected chi connectivity index (χ4v) is 2.73. The molecule has 0 spiro atoms. The van der Waals surface area contributed by atoms with Crippen molar-refractivity contribution in [2.45, 2.75) is 19.4 Å². The smallest absolute Gasteiger partial charge is 0.222 e. The molecule has 1 unspecified atom stereocenters. The third kappa shape index (κ3) is 4.27. The molecule has 3 aromatic rings. The molecule has 1 amide bonds. The van der Waals surface area contributed by atoms with Crippen LogP contribution in [0.5, 0.6) is 5.75 Å². The van der Waals surface area contributed by atoms with Crippen molar-refractivity contribution in [3.05, 3.63) is 60.4 Å². The van der Waals surface area contributed by atoms with E-state index in [1.165, 1.54) is 6.33 Å². The van der Waals surface area contributed by atoms with Gasteiger partial charge in [0.25, 0.3) is 0 Å². The van der Waals surface area contributed by atoms with Gasteiger partial charge in [0.15, 0.2) is 0 Å². The Morgan fingerprint density at radius 1 is 1.12 bits per heavy atom. The second-order valence-corrected chi connectivity index (χ2v) is 5.98. The molecule has 0 aliphatic rings. The maximum Gasteiger partial charge on any atom is 0.222 e. The van der Waals surface area contributed by atoms with E-state index in [1.54, 1.807) is 7.11 Å². The number of ether oxygens (including phenoxy) is 1. The van der Waals surface area contributed by atoms with Crippen LogP contribution in [0.1, 0.15) is 24.9 Å². The van der Waals surface area contributed by atoms with Gasteiger partial charge in [0.05, 0.1) is 18.7 Å². The molecule has 6 nitrogen and oxygen atoms in total. The van der Waals surface area contributed by atoms with Crippen molar-refractivity contribution in [1.29, 1.82) is 0 Å². The van der Waals surface area contributed by atoms with E-state index in [0.717, 1.165) is 28.0 Å². The van der Waals surface area contributed by atoms with Crippen LogP contribution in [0.2, 0.25) is 0 Å². The average Bonchev–Trinajstić information content (AvgIpc) is 2.68. The Balaban J connectivity index is 1.52. The number of anilines is 1. The molecule has 0 aliphatic carbocycles. The number of hydrogen-bond acceptors (Lipinski definition) is 5. The van der Waals surface area contributed by atoms with Crippen LogP contribution in [-0.4, -0.2) is 29.5 Å². The van der Waals surface area contributed by atoms with Gasteiger partial charge in [-0.25, -0.2) is 9.97 Å². The number of amides is 1. The molecule has 0 saturated carbocycles. The lowest BCUT2D eigenvalue weighted by atomic mass is 10.1. The van der Waals surface area contributed by atoms with Crippen molar-refractivity contribution < 1.29 is 9.53 Å². The van der Waals surface area contributed by atoms with Crippen molar-refractivity contribution in [2.24, 2.45) is 0 Å². The minimum Gasteiger partial charge on any atom is -0.497 e. The summed E-state index contributed by atoms with van der Waals surface area (Å²) in [5, 5.41) is 7.17. The van der Waals surface area contributed by atoms with Gasteiger partial charge in [-0.15, -0.1) is 0 Å². The molecule has 0 fully saturated rings. The van der Waals surface area contributed by atoms with Gasteiger partial charge in [-0.2, -0.15) is 0 Å². The van der Waals surface area contributed by atoms with E-state index in [-0.39, 0.29) is 11.9 Å². The van der Waals surface area contributed by atoms with Crippen molar-refractivity contribution in [3.8, 4) is 5.75 Å². The van der Waals surface area contributed by atoms with E-state index in [2.05, 4.69) is 20.6 Å². The number of carbonyl (C=O) groups is 1. The van der Waals surface area contributed by atoms with E-state index in [4.69, 9.17) is 4.74 Å². The van der Waals surface area contributed by atoms with Crippen molar-refractivity contribution in [3.63, 3.8) is 0 Å². The molecule has 134 valence electrons. The molecular formula is C20H22N4O2. The molecule has 26 heavy (non-hydrogen) atoms. The third-order valence-corrected chi connectivity index (χ3v) is 4.18. The quantitative estimate of drug-likeness (QED) is 0.684. The summed E-state index contributed by atoms with van der Waals surface area (Å²) in [5.41, 5.74) is 1.91. The van der Waals surface area contributed by atoms with Crippen LogP contribution in [0.25, 0.3) is 10.9 Å². The maximum absolute atomic E-state index is 12.2. The molecule has 0 bridgehead atoms. The van der Waals surface area contributed by atoms with Crippen LogP contribution in [-0.2, 0) is 4.79 Å². The number of carbonyl (C=O) groups excluding carboxylic acids is 1. The van der Waals surface area contributed by atoms with Gasteiger partial charge in [0, 0.05) is 18.4 Å². The number of aromatic nitrogens is 2. The monoisotopic (exact) mass is 350 g/mol. The Bertz CT molecular complexity index is 875. The van der Waals surface area contributed by atoms with Gasteiger partial charge >= 0.3 is 0 Å². The summed E-state index contributed by atoms with van der Waals surface area (Å²) in [5.74, 6) is 1.53. The van der Waals surface area contributed by atoms with E-state index in [9.17, 15) is 4.79 Å². The minimum atomic E-state index is -0.0618. The van der Waals surface area contributed by atoms with Gasteiger partial charge in [-0.3, -0.25) is 4.79 Å². The van der Waals surface area contributed by atoms with Crippen LogP contribution in [0.3, 0.4) is 0 Å². The van der Waals surface area contributed by atoms with Gasteiger partial charge in [-0.1, -0.05) is 24.3 Å². The Kier molecular flexibility index (Phi) is 5.63. The molecule has 2 aromatic carbocycles. The predicted molar refractivity (Wildman–Crippen MR) is 102 cm³/mol. The summed E-state index contributed by atoms with van der Waals surface area (Å²) in [4.78, 5) is 20.7. The highest BCUT2D eigenvalue weighted by Gasteiger charge is 2.10. The largest absolute Gasteiger partial charge is 0.497 e. The highest BCUT2D eigenvalue weighted by atomic mass is 16.5. The van der Waals surface area contributed by atoms with Crippen molar-refractivity contribution in [2.75, 3.05) is 19.0 Å². The molecule has 0 saturated heterocycles. The first-order valence-corrected chi connectivity index (χ1v) is 8.54. The van der Waals surface area contributed by atoms with Crippen molar-refractivity contribution in [1.82, 2.24) is 15.3 Å². The molecule has 1 heterocycles. The molecule has 1 atom stereocenters. The zero-order chi connectivity index (χ0) is 18.4. The summed E-state index contributed by atoms with van der Waals surface area (Å²) in [7, 11) is 1.63. The minimum absolute atomic E-state index is 0.0146. The summed E-state index contributed by atoms with van der Waals surface area (Å²) < 4.78 is 5.15. The van der Waals surface area contributed by atoms with Crippen LogP contribution in [0.4, 0.5) is 5.82 Å². The first kappa shape index (κ1) is 17.7. The number of hydrogen-bond donors (Lipinski definition) is 2. The van der Waals surface area contributed by atoms with Crippen LogP contribution in [0.15, 0.2) is 54.9 Å². The van der Waals surface area contributed by atoms with Crippen LogP contribution >= 0.6 is 0 Å². The van der Waals surface area contributed by atoms with Crippen LogP contribution in [0, 0.1) is 0 Å². The van der Waals surface area contributed by atoms with Gasteiger partial charge in [0.1, 0.15) is 17.9 Å². The maximum atomic E-state index is 12.2. The molecule has 0 radical (unpaired) electrons. The van der Waals surface area contributed by atoms with Gasteiger partial charge in [0.2, 0.25) is 5.91 Å². The zero-order valence-electron chi connectivity index (χ0n) is 14.9. The lowest BCUT2D eigenvalue weighted by molar-refractivity contribution is -0.121. The standard InChI is InChI=1S/C20H22N4O2/c1-14(15-7-9-16(26-2)10-8-15)24-19(25)11-12-21-20-17-5-3-4-6-18(17)22-13-23-20/h3-10,13-14H,11-12H2,1-2H3,(H,24,25)(H,21,22,23).